The van der Waals surface area contributed by atoms with Crippen LogP contribution in [0.25, 0.3) is 0 Å². The van der Waals surface area contributed by atoms with E-state index < -0.39 is 22.7 Å². The first-order valence-electron chi connectivity index (χ1n) is 11.5. The van der Waals surface area contributed by atoms with Crippen molar-refractivity contribution in [1.82, 2.24) is 0 Å². The average Bonchev–Trinajstić information content (AvgIpc) is 2.64. The molecule has 0 amide bonds. The summed E-state index contributed by atoms with van der Waals surface area (Å²) in [4.78, 5) is 0. The Morgan fingerprint density at radius 3 is 2.03 bits per heavy atom. The quantitative estimate of drug-likeness (QED) is 0.450. The zero-order valence-electron chi connectivity index (χ0n) is 21.3. The van der Waals surface area contributed by atoms with Crippen molar-refractivity contribution < 1.29 is 18.7 Å². The summed E-state index contributed by atoms with van der Waals surface area (Å²) in [5, 5.41) is 11.3. The predicted molar refractivity (Wildman–Crippen MR) is 134 cm³/mol. The van der Waals surface area contributed by atoms with Crippen LogP contribution in [0, 0.1) is 0 Å². The van der Waals surface area contributed by atoms with Crippen molar-refractivity contribution in [1.29, 1.82) is 0 Å². The first-order valence-corrected chi connectivity index (χ1v) is 17.3. The minimum Gasteiger partial charge on any atom is -0.489 e. The minimum absolute atomic E-state index is 0.0870. The van der Waals surface area contributed by atoms with E-state index in [1.54, 1.807) is 0 Å². The van der Waals surface area contributed by atoms with E-state index in [2.05, 4.69) is 67.7 Å². The fraction of sp³-hybridized carbons (Fsp3) is 0.680. The molecule has 0 aromatic heterocycles. The lowest BCUT2D eigenvalue weighted by atomic mass is 10.0. The van der Waals surface area contributed by atoms with E-state index in [0.29, 0.717) is 12.4 Å². The first kappa shape index (κ1) is 26.3. The van der Waals surface area contributed by atoms with E-state index >= 15 is 0 Å². The summed E-state index contributed by atoms with van der Waals surface area (Å²) in [6, 6.07) is 9.67. The molecule has 0 saturated heterocycles. The molecular formula is C25H44O4Si2. The third-order valence-electron chi connectivity index (χ3n) is 7.22. The van der Waals surface area contributed by atoms with Crippen LogP contribution in [0.1, 0.15) is 59.6 Å². The number of rotatable bonds is 7. The van der Waals surface area contributed by atoms with Gasteiger partial charge in [0.2, 0.25) is 0 Å². The van der Waals surface area contributed by atoms with Gasteiger partial charge in [-0.25, -0.2) is 0 Å². The van der Waals surface area contributed by atoms with Gasteiger partial charge in [-0.3, -0.25) is 0 Å². The molecule has 1 aromatic carbocycles. The topological polar surface area (TPSA) is 47.9 Å². The summed E-state index contributed by atoms with van der Waals surface area (Å²) in [5.74, 6) is 0.574. The third-order valence-corrected chi connectivity index (χ3v) is 16.2. The zero-order valence-corrected chi connectivity index (χ0v) is 23.3. The van der Waals surface area contributed by atoms with Gasteiger partial charge in [-0.15, -0.1) is 0 Å². The van der Waals surface area contributed by atoms with Crippen molar-refractivity contribution in [3.05, 3.63) is 47.7 Å². The number of hydrogen-bond acceptors (Lipinski definition) is 4. The molecule has 1 aliphatic heterocycles. The molecule has 2 rings (SSSR count). The Hall–Kier alpha value is -0.926. The predicted octanol–water partition coefficient (Wildman–Crippen LogP) is 6.81. The lowest BCUT2D eigenvalue weighted by molar-refractivity contribution is -0.0150. The smallest absolute Gasteiger partial charge is 0.192 e. The van der Waals surface area contributed by atoms with Crippen molar-refractivity contribution in [2.45, 2.75) is 103 Å². The van der Waals surface area contributed by atoms with E-state index in [1.165, 1.54) is 0 Å². The molecule has 0 bridgehead atoms. The van der Waals surface area contributed by atoms with Gasteiger partial charge in [-0.05, 0) is 47.9 Å². The number of aliphatic hydroxyl groups is 1. The minimum atomic E-state index is -1.97. The molecule has 4 nitrogen and oxygen atoms in total. The number of aliphatic hydroxyl groups excluding tert-OH is 1. The summed E-state index contributed by atoms with van der Waals surface area (Å²) in [5.41, 5.74) is 0.825. The van der Waals surface area contributed by atoms with Gasteiger partial charge < -0.3 is 18.7 Å². The summed E-state index contributed by atoms with van der Waals surface area (Å²) in [6.45, 7) is 23.1. The van der Waals surface area contributed by atoms with Crippen LogP contribution < -0.4 is 0 Å². The SMILES string of the molecule is CC(C)(C)[Si](C)(C)OC[C@@H]1C[C@H](O[Si](C)(C)C(C)(C)C)C=C(C(O)c2ccccc2)O1. The van der Waals surface area contributed by atoms with Crippen molar-refractivity contribution in [3.8, 4) is 0 Å². The first-order chi connectivity index (χ1) is 14.0. The van der Waals surface area contributed by atoms with Crippen molar-refractivity contribution in [2.75, 3.05) is 6.61 Å². The van der Waals surface area contributed by atoms with E-state index in [1.807, 2.05) is 36.4 Å². The van der Waals surface area contributed by atoms with Gasteiger partial charge in [0, 0.05) is 6.42 Å². The maximum Gasteiger partial charge on any atom is 0.192 e. The second kappa shape index (κ2) is 9.51. The summed E-state index contributed by atoms with van der Waals surface area (Å²) < 4.78 is 19.5. The average molecular weight is 465 g/mol. The van der Waals surface area contributed by atoms with Crippen LogP contribution in [-0.4, -0.2) is 40.6 Å². The maximum absolute atomic E-state index is 11.0. The highest BCUT2D eigenvalue weighted by Crippen LogP contribution is 2.40. The molecule has 3 atom stereocenters. The van der Waals surface area contributed by atoms with Crippen LogP contribution in [0.2, 0.25) is 36.3 Å². The molecular weight excluding hydrogens is 420 g/mol. The van der Waals surface area contributed by atoms with Gasteiger partial charge in [-0.2, -0.15) is 0 Å². The van der Waals surface area contributed by atoms with Crippen LogP contribution >= 0.6 is 0 Å². The molecule has 6 heteroatoms. The highest BCUT2D eigenvalue weighted by Gasteiger charge is 2.42. The standard InChI is InChI=1S/C25H44O4Si2/c1-24(2,3)30(7,8)27-18-21-16-20(29-31(9,10)25(4,5)6)17-22(28-21)23(26)19-14-12-11-13-15-19/h11-15,17,20-21,23,26H,16,18H2,1-10H3/t20-,21-,23?/m0/s1. The molecule has 1 aliphatic rings. The Morgan fingerprint density at radius 2 is 1.52 bits per heavy atom. The monoisotopic (exact) mass is 464 g/mol. The molecule has 1 heterocycles. The molecule has 1 unspecified atom stereocenters. The van der Waals surface area contributed by atoms with Gasteiger partial charge in [0.15, 0.2) is 16.6 Å². The van der Waals surface area contributed by atoms with Crippen LogP contribution in [0.4, 0.5) is 0 Å². The number of benzene rings is 1. The third kappa shape index (κ3) is 6.78. The molecule has 0 spiro atoms. The molecule has 0 radical (unpaired) electrons. The highest BCUT2D eigenvalue weighted by atomic mass is 28.4. The van der Waals surface area contributed by atoms with E-state index in [-0.39, 0.29) is 22.3 Å². The van der Waals surface area contributed by atoms with Crippen molar-refractivity contribution in [2.24, 2.45) is 0 Å². The van der Waals surface area contributed by atoms with Crippen LogP contribution in [0.3, 0.4) is 0 Å². The van der Waals surface area contributed by atoms with E-state index in [9.17, 15) is 5.11 Å². The molecule has 0 fully saturated rings. The van der Waals surface area contributed by atoms with Crippen LogP contribution in [0.15, 0.2) is 42.2 Å². The highest BCUT2D eigenvalue weighted by molar-refractivity contribution is 6.74. The van der Waals surface area contributed by atoms with Gasteiger partial charge in [0.05, 0.1) is 12.7 Å². The van der Waals surface area contributed by atoms with Gasteiger partial charge in [0.25, 0.3) is 0 Å². The maximum atomic E-state index is 11.0. The molecule has 31 heavy (non-hydrogen) atoms. The molecule has 1 aromatic rings. The van der Waals surface area contributed by atoms with Gasteiger partial charge in [0.1, 0.15) is 18.0 Å². The Morgan fingerprint density at radius 1 is 0.968 bits per heavy atom. The second-order valence-corrected chi connectivity index (χ2v) is 21.4. The van der Waals surface area contributed by atoms with Gasteiger partial charge >= 0.3 is 0 Å². The Kier molecular flexibility index (Phi) is 8.08. The largest absolute Gasteiger partial charge is 0.489 e. The molecule has 176 valence electrons. The Labute approximate surface area is 192 Å². The van der Waals surface area contributed by atoms with Crippen molar-refractivity contribution >= 4 is 16.6 Å². The van der Waals surface area contributed by atoms with Crippen LogP contribution in [0.5, 0.6) is 0 Å². The van der Waals surface area contributed by atoms with E-state index in [0.717, 1.165) is 12.0 Å². The Bertz CT molecular complexity index is 745. The van der Waals surface area contributed by atoms with Gasteiger partial charge in [-0.1, -0.05) is 71.9 Å². The Balaban J connectivity index is 2.25. The fourth-order valence-electron chi connectivity index (χ4n) is 3.00. The number of ether oxygens (including phenoxy) is 1. The van der Waals surface area contributed by atoms with E-state index in [4.69, 9.17) is 13.6 Å². The fourth-order valence-corrected chi connectivity index (χ4v) is 5.31. The summed E-state index contributed by atoms with van der Waals surface area (Å²) in [7, 11) is -3.86. The summed E-state index contributed by atoms with van der Waals surface area (Å²) >= 11 is 0. The summed E-state index contributed by atoms with van der Waals surface area (Å²) in [6.07, 6.45) is 1.70. The molecule has 0 aliphatic carbocycles. The van der Waals surface area contributed by atoms with Crippen molar-refractivity contribution in [3.63, 3.8) is 0 Å². The lowest BCUT2D eigenvalue weighted by Crippen LogP contribution is -2.47. The molecule has 1 N–H and O–H groups in total. The normalized spacial score (nSPS) is 22.0. The lowest BCUT2D eigenvalue weighted by Gasteiger charge is -2.42. The number of hydrogen-bond donors (Lipinski definition) is 1. The second-order valence-electron chi connectivity index (χ2n) is 11.8. The molecule has 0 saturated carbocycles. The van der Waals surface area contributed by atoms with Crippen LogP contribution in [-0.2, 0) is 13.6 Å². The zero-order chi connectivity index (χ0) is 23.7.